The van der Waals surface area contributed by atoms with Crippen LogP contribution in [-0.2, 0) is 6.61 Å². The van der Waals surface area contributed by atoms with Crippen molar-refractivity contribution in [3.8, 4) is 11.8 Å². The normalized spacial score (nSPS) is 11.0. The monoisotopic (exact) mass is 337 g/mol. The smallest absolute Gasteiger partial charge is 0.216 e. The van der Waals surface area contributed by atoms with E-state index < -0.39 is 5.82 Å². The van der Waals surface area contributed by atoms with Crippen molar-refractivity contribution in [1.29, 1.82) is 5.26 Å². The van der Waals surface area contributed by atoms with Gasteiger partial charge in [0, 0.05) is 24.2 Å². The summed E-state index contributed by atoms with van der Waals surface area (Å²) < 4.78 is 19.5. The molecule has 0 amide bonds. The Morgan fingerprint density at radius 1 is 1.36 bits per heavy atom. The van der Waals surface area contributed by atoms with E-state index in [1.807, 2.05) is 12.1 Å². The van der Waals surface area contributed by atoms with Crippen molar-refractivity contribution in [2.75, 3.05) is 5.32 Å². The highest BCUT2D eigenvalue weighted by Crippen LogP contribution is 2.22. The maximum Gasteiger partial charge on any atom is 0.216 e. The minimum absolute atomic E-state index is 0.110. The van der Waals surface area contributed by atoms with Gasteiger partial charge in [-0.3, -0.25) is 4.98 Å². The number of H-pyrrole nitrogens is 1. The Hall–Kier alpha value is -3.80. The average Bonchev–Trinajstić information content (AvgIpc) is 3.17. The largest absolute Gasteiger partial charge is 0.484 e. The fourth-order valence-electron chi connectivity index (χ4n) is 1.92. The van der Waals surface area contributed by atoms with Gasteiger partial charge in [0.05, 0.1) is 5.69 Å². The van der Waals surface area contributed by atoms with Crippen LogP contribution >= 0.6 is 0 Å². The number of aromatic amines is 1. The van der Waals surface area contributed by atoms with Gasteiger partial charge in [-0.25, -0.2) is 4.39 Å². The van der Waals surface area contributed by atoms with Crippen molar-refractivity contribution in [2.24, 2.45) is 0 Å². The van der Waals surface area contributed by atoms with Gasteiger partial charge in [0.2, 0.25) is 5.82 Å². The van der Waals surface area contributed by atoms with E-state index in [0.29, 0.717) is 11.4 Å². The summed E-state index contributed by atoms with van der Waals surface area (Å²) in [6.07, 6.45) is 3.01. The number of ether oxygens (including phenoxy) is 1. The molecule has 0 radical (unpaired) electrons. The molecule has 0 aliphatic heterocycles. The van der Waals surface area contributed by atoms with Crippen LogP contribution in [0.5, 0.6) is 5.75 Å². The molecule has 2 aromatic heterocycles. The number of allylic oxidation sites excluding steroid dienone is 1. The Morgan fingerprint density at radius 2 is 2.28 bits per heavy atom. The van der Waals surface area contributed by atoms with Gasteiger partial charge in [0.15, 0.2) is 11.6 Å². The zero-order chi connectivity index (χ0) is 17.5. The number of halogens is 1. The van der Waals surface area contributed by atoms with Crippen LogP contribution in [0.1, 0.15) is 11.5 Å². The Bertz CT molecular complexity index is 904. The number of benzene rings is 1. The molecule has 0 spiro atoms. The number of tetrazole rings is 1. The lowest BCUT2D eigenvalue weighted by molar-refractivity contribution is 0.286. The summed E-state index contributed by atoms with van der Waals surface area (Å²) in [6.45, 7) is 0.168. The molecule has 0 saturated heterocycles. The Kier molecular flexibility index (Phi) is 4.92. The topological polar surface area (TPSA) is 112 Å². The SMILES string of the molecule is N#CC(=CNc1ccc(OCc2ccccn2)c(F)c1)c1nn[nH]n1. The molecule has 2 N–H and O–H groups in total. The maximum atomic E-state index is 14.1. The summed E-state index contributed by atoms with van der Waals surface area (Å²) in [5.74, 6) is -0.281. The van der Waals surface area contributed by atoms with Crippen LogP contribution in [0.25, 0.3) is 5.57 Å². The minimum atomic E-state index is -0.535. The van der Waals surface area contributed by atoms with Gasteiger partial charge in [0.25, 0.3) is 0 Å². The van der Waals surface area contributed by atoms with Crippen LogP contribution < -0.4 is 10.1 Å². The summed E-state index contributed by atoms with van der Waals surface area (Å²) in [5, 5.41) is 24.9. The molecule has 0 bridgehead atoms. The van der Waals surface area contributed by atoms with Gasteiger partial charge >= 0.3 is 0 Å². The van der Waals surface area contributed by atoms with Gasteiger partial charge in [-0.15, -0.1) is 10.2 Å². The Morgan fingerprint density at radius 3 is 2.96 bits per heavy atom. The molecule has 124 valence electrons. The van der Waals surface area contributed by atoms with Crippen molar-refractivity contribution >= 4 is 11.3 Å². The first-order chi connectivity index (χ1) is 12.3. The number of nitriles is 1. The maximum absolute atomic E-state index is 14.1. The van der Waals surface area contributed by atoms with Crippen LogP contribution in [-0.4, -0.2) is 25.6 Å². The number of pyridine rings is 1. The molecule has 25 heavy (non-hydrogen) atoms. The predicted octanol–water partition coefficient (Wildman–Crippen LogP) is 2.29. The summed E-state index contributed by atoms with van der Waals surface area (Å²) >= 11 is 0. The van der Waals surface area contributed by atoms with Gasteiger partial charge < -0.3 is 10.1 Å². The van der Waals surface area contributed by atoms with Crippen LogP contribution in [0.2, 0.25) is 0 Å². The molecular weight excluding hydrogens is 325 g/mol. The minimum Gasteiger partial charge on any atom is -0.484 e. The van der Waals surface area contributed by atoms with E-state index in [-0.39, 0.29) is 23.8 Å². The molecule has 9 heteroatoms. The van der Waals surface area contributed by atoms with E-state index in [1.54, 1.807) is 24.4 Å². The molecule has 8 nitrogen and oxygen atoms in total. The van der Waals surface area contributed by atoms with Gasteiger partial charge in [-0.2, -0.15) is 10.5 Å². The second-order valence-electron chi connectivity index (χ2n) is 4.80. The first-order valence-electron chi connectivity index (χ1n) is 7.19. The van der Waals surface area contributed by atoms with Crippen LogP contribution in [0.15, 0.2) is 48.8 Å². The van der Waals surface area contributed by atoms with Crippen molar-refractivity contribution < 1.29 is 9.13 Å². The zero-order valence-electron chi connectivity index (χ0n) is 12.8. The Balaban J connectivity index is 1.66. The van der Waals surface area contributed by atoms with Crippen molar-refractivity contribution in [3.05, 3.63) is 66.1 Å². The summed E-state index contributed by atoms with van der Waals surface area (Å²) in [4.78, 5) is 4.11. The third kappa shape index (κ3) is 4.14. The van der Waals surface area contributed by atoms with Crippen LogP contribution in [0.3, 0.4) is 0 Å². The molecule has 2 heterocycles. The van der Waals surface area contributed by atoms with Gasteiger partial charge in [-0.1, -0.05) is 6.07 Å². The van der Waals surface area contributed by atoms with E-state index in [2.05, 4.69) is 30.9 Å². The molecule has 0 fully saturated rings. The highest BCUT2D eigenvalue weighted by molar-refractivity contribution is 5.74. The number of aromatic nitrogens is 5. The first-order valence-corrected chi connectivity index (χ1v) is 7.19. The lowest BCUT2D eigenvalue weighted by atomic mass is 10.2. The Labute approximate surface area is 142 Å². The van der Waals surface area contributed by atoms with E-state index >= 15 is 0 Å². The third-order valence-electron chi connectivity index (χ3n) is 3.12. The van der Waals surface area contributed by atoms with Crippen molar-refractivity contribution in [3.63, 3.8) is 0 Å². The number of hydrogen-bond acceptors (Lipinski definition) is 7. The average molecular weight is 337 g/mol. The fourth-order valence-corrected chi connectivity index (χ4v) is 1.92. The predicted molar refractivity (Wildman–Crippen MR) is 86.4 cm³/mol. The van der Waals surface area contributed by atoms with Crippen LogP contribution in [0, 0.1) is 17.1 Å². The molecule has 0 unspecified atom stereocenters. The van der Waals surface area contributed by atoms with E-state index in [1.165, 1.54) is 18.3 Å². The molecule has 1 aromatic carbocycles. The number of anilines is 1. The molecule has 3 rings (SSSR count). The molecular formula is C16H12FN7O. The highest BCUT2D eigenvalue weighted by Gasteiger charge is 2.07. The third-order valence-corrected chi connectivity index (χ3v) is 3.12. The first kappa shape index (κ1) is 16.1. The van der Waals surface area contributed by atoms with Crippen LogP contribution in [0.4, 0.5) is 10.1 Å². The molecule has 0 atom stereocenters. The number of nitrogens with one attached hydrogen (secondary N) is 2. The fraction of sp³-hybridized carbons (Fsp3) is 0.0625. The van der Waals surface area contributed by atoms with Gasteiger partial charge in [0.1, 0.15) is 18.2 Å². The van der Waals surface area contributed by atoms with Gasteiger partial charge in [-0.05, 0) is 29.5 Å². The molecule has 3 aromatic rings. The zero-order valence-corrected chi connectivity index (χ0v) is 12.8. The second-order valence-corrected chi connectivity index (χ2v) is 4.80. The van der Waals surface area contributed by atoms with Crippen molar-refractivity contribution in [2.45, 2.75) is 6.61 Å². The molecule has 0 saturated carbocycles. The number of rotatable bonds is 6. The second kappa shape index (κ2) is 7.65. The lowest BCUT2D eigenvalue weighted by Crippen LogP contribution is -2.00. The molecule has 0 aliphatic carbocycles. The highest BCUT2D eigenvalue weighted by atomic mass is 19.1. The summed E-state index contributed by atoms with van der Waals surface area (Å²) in [5.41, 5.74) is 1.30. The quantitative estimate of drug-likeness (QED) is 0.664. The number of hydrogen-bond donors (Lipinski definition) is 2. The summed E-state index contributed by atoms with van der Waals surface area (Å²) in [6, 6.07) is 11.7. The van der Waals surface area contributed by atoms with E-state index in [9.17, 15) is 4.39 Å². The molecule has 0 aliphatic rings. The number of nitrogens with zero attached hydrogens (tertiary/aromatic N) is 5. The summed E-state index contributed by atoms with van der Waals surface area (Å²) in [7, 11) is 0. The lowest BCUT2D eigenvalue weighted by Gasteiger charge is -2.08. The van der Waals surface area contributed by atoms with E-state index in [0.717, 1.165) is 0 Å². The van der Waals surface area contributed by atoms with E-state index in [4.69, 9.17) is 10.00 Å². The van der Waals surface area contributed by atoms with Crippen molar-refractivity contribution in [1.82, 2.24) is 25.6 Å². The standard InChI is InChI=1S/C16H12FN7O/c17-14-7-12(20-9-11(8-18)16-21-23-24-22-16)4-5-15(14)25-10-13-3-1-2-6-19-13/h1-7,9,20H,10H2,(H,21,22,23,24).